The van der Waals surface area contributed by atoms with E-state index in [1.807, 2.05) is 17.0 Å². The van der Waals surface area contributed by atoms with Crippen molar-refractivity contribution in [1.29, 1.82) is 0 Å². The van der Waals surface area contributed by atoms with Gasteiger partial charge in [0.05, 0.1) is 6.10 Å². The van der Waals surface area contributed by atoms with E-state index in [0.717, 1.165) is 51.8 Å². The summed E-state index contributed by atoms with van der Waals surface area (Å²) < 4.78 is 5.53. The first-order valence-corrected chi connectivity index (χ1v) is 9.36. The second-order valence-electron chi connectivity index (χ2n) is 7.20. The highest BCUT2D eigenvalue weighted by atomic mass is 16.5. The molecular formula is C20H28N2O3. The normalized spacial score (nSPS) is 21.3. The fraction of sp³-hybridized carbons (Fsp3) is 0.600. The van der Waals surface area contributed by atoms with Crippen LogP contribution in [0.15, 0.2) is 24.3 Å². The summed E-state index contributed by atoms with van der Waals surface area (Å²) >= 11 is 0. The molecule has 5 heteroatoms. The Bertz CT molecular complexity index is 585. The number of benzene rings is 1. The van der Waals surface area contributed by atoms with Gasteiger partial charge in [-0.3, -0.25) is 9.59 Å². The number of hydrogen-bond donors (Lipinski definition) is 1. The van der Waals surface area contributed by atoms with E-state index in [1.165, 1.54) is 5.56 Å². The molecule has 0 bridgehead atoms. The van der Waals surface area contributed by atoms with Gasteiger partial charge >= 0.3 is 0 Å². The molecule has 5 nitrogen and oxygen atoms in total. The third kappa shape index (κ3) is 5.05. The number of carbonyl (C=O) groups excluding carboxylic acids is 2. The molecule has 0 aliphatic carbocycles. The number of rotatable bonds is 5. The lowest BCUT2D eigenvalue weighted by Crippen LogP contribution is -2.37. The molecule has 136 valence electrons. The van der Waals surface area contributed by atoms with Crippen LogP contribution in [0.25, 0.3) is 0 Å². The third-order valence-electron chi connectivity index (χ3n) is 5.31. The summed E-state index contributed by atoms with van der Waals surface area (Å²) in [4.78, 5) is 25.5. The first-order chi connectivity index (χ1) is 12.1. The van der Waals surface area contributed by atoms with Crippen LogP contribution in [0.1, 0.15) is 48.5 Å². The number of carbonyl (C=O) groups is 2. The van der Waals surface area contributed by atoms with Crippen LogP contribution < -0.4 is 5.32 Å². The van der Waals surface area contributed by atoms with E-state index >= 15 is 0 Å². The molecule has 0 spiro atoms. The zero-order valence-electron chi connectivity index (χ0n) is 15.0. The van der Waals surface area contributed by atoms with Crippen LogP contribution in [-0.4, -0.2) is 49.1 Å². The number of likely N-dealkylation sites (tertiary alicyclic amines) is 1. The number of nitrogens with zero attached hydrogens (tertiary/aromatic N) is 1. The van der Waals surface area contributed by atoms with Gasteiger partial charge in [0, 0.05) is 38.7 Å². The largest absolute Gasteiger partial charge is 0.376 e. The van der Waals surface area contributed by atoms with Crippen LogP contribution in [0, 0.1) is 5.92 Å². The van der Waals surface area contributed by atoms with Gasteiger partial charge in [-0.05, 0) is 55.7 Å². The smallest absolute Gasteiger partial charge is 0.251 e. The molecule has 0 saturated carbocycles. The molecule has 3 rings (SSSR count). The Kier molecular flexibility index (Phi) is 6.08. The lowest BCUT2D eigenvalue weighted by molar-refractivity contribution is -0.130. The molecule has 2 aliphatic heterocycles. The van der Waals surface area contributed by atoms with Crippen molar-refractivity contribution in [2.75, 3.05) is 26.2 Å². The van der Waals surface area contributed by atoms with Gasteiger partial charge in [-0.2, -0.15) is 0 Å². The molecule has 1 N–H and O–H groups in total. The van der Waals surface area contributed by atoms with Gasteiger partial charge in [-0.1, -0.05) is 12.1 Å². The molecule has 2 amide bonds. The van der Waals surface area contributed by atoms with Crippen LogP contribution >= 0.6 is 0 Å². The molecule has 1 aromatic carbocycles. The summed E-state index contributed by atoms with van der Waals surface area (Å²) in [6.07, 6.45) is 5.42. The van der Waals surface area contributed by atoms with Crippen molar-refractivity contribution in [1.82, 2.24) is 10.2 Å². The second kappa shape index (κ2) is 8.48. The lowest BCUT2D eigenvalue weighted by atomic mass is 9.90. The van der Waals surface area contributed by atoms with Crippen molar-refractivity contribution >= 4 is 11.8 Å². The number of nitrogens with one attached hydrogen (secondary N) is 1. The Morgan fingerprint density at radius 2 is 1.88 bits per heavy atom. The predicted octanol–water partition coefficient (Wildman–Crippen LogP) is 2.40. The molecule has 1 unspecified atom stereocenters. The van der Waals surface area contributed by atoms with Gasteiger partial charge < -0.3 is 15.0 Å². The van der Waals surface area contributed by atoms with E-state index in [0.29, 0.717) is 18.0 Å². The quantitative estimate of drug-likeness (QED) is 0.892. The fourth-order valence-corrected chi connectivity index (χ4v) is 3.69. The van der Waals surface area contributed by atoms with Gasteiger partial charge in [0.2, 0.25) is 5.91 Å². The number of ether oxygens (including phenoxy) is 1. The summed E-state index contributed by atoms with van der Waals surface area (Å²) in [5, 5.41) is 2.96. The van der Waals surface area contributed by atoms with Gasteiger partial charge in [0.25, 0.3) is 5.91 Å². The Morgan fingerprint density at radius 3 is 2.48 bits per heavy atom. The molecule has 0 radical (unpaired) electrons. The maximum atomic E-state index is 12.2. The van der Waals surface area contributed by atoms with Crippen molar-refractivity contribution in [2.24, 2.45) is 5.92 Å². The average Bonchev–Trinajstić information content (AvgIpc) is 3.14. The van der Waals surface area contributed by atoms with Crippen molar-refractivity contribution in [3.8, 4) is 0 Å². The number of hydrogen-bond acceptors (Lipinski definition) is 3. The van der Waals surface area contributed by atoms with Crippen LogP contribution in [0.5, 0.6) is 0 Å². The van der Waals surface area contributed by atoms with E-state index < -0.39 is 0 Å². The minimum atomic E-state index is -0.0307. The first-order valence-electron chi connectivity index (χ1n) is 9.36. The lowest BCUT2D eigenvalue weighted by Gasteiger charge is -2.31. The molecule has 2 heterocycles. The van der Waals surface area contributed by atoms with E-state index in [-0.39, 0.29) is 17.9 Å². The highest BCUT2D eigenvalue weighted by Crippen LogP contribution is 2.22. The molecule has 2 aliphatic rings. The van der Waals surface area contributed by atoms with Crippen LogP contribution in [0.2, 0.25) is 0 Å². The SMILES string of the molecule is CC(=O)N1CCC(Cc2ccc(C(=O)NCC3CCCO3)cc2)CC1. The minimum Gasteiger partial charge on any atom is -0.376 e. The van der Waals surface area contributed by atoms with Crippen LogP contribution in [0.3, 0.4) is 0 Å². The average molecular weight is 344 g/mol. The molecule has 1 aromatic rings. The summed E-state index contributed by atoms with van der Waals surface area (Å²) in [6, 6.07) is 7.92. The molecule has 2 saturated heterocycles. The summed E-state index contributed by atoms with van der Waals surface area (Å²) in [7, 11) is 0. The monoisotopic (exact) mass is 344 g/mol. The number of amides is 2. The van der Waals surface area contributed by atoms with E-state index in [9.17, 15) is 9.59 Å². The van der Waals surface area contributed by atoms with E-state index in [2.05, 4.69) is 17.4 Å². The topological polar surface area (TPSA) is 58.6 Å². The molecule has 1 atom stereocenters. The molecule has 2 fully saturated rings. The van der Waals surface area contributed by atoms with Crippen LogP contribution in [-0.2, 0) is 16.0 Å². The molecule has 0 aromatic heterocycles. The second-order valence-corrected chi connectivity index (χ2v) is 7.20. The zero-order valence-corrected chi connectivity index (χ0v) is 15.0. The van der Waals surface area contributed by atoms with Crippen molar-refractivity contribution in [3.63, 3.8) is 0 Å². The van der Waals surface area contributed by atoms with Crippen molar-refractivity contribution in [3.05, 3.63) is 35.4 Å². The summed E-state index contributed by atoms with van der Waals surface area (Å²) in [6.45, 7) is 4.77. The van der Waals surface area contributed by atoms with E-state index in [4.69, 9.17) is 4.74 Å². The minimum absolute atomic E-state index is 0.0307. The van der Waals surface area contributed by atoms with Crippen molar-refractivity contribution < 1.29 is 14.3 Å². The third-order valence-corrected chi connectivity index (χ3v) is 5.31. The highest BCUT2D eigenvalue weighted by molar-refractivity contribution is 5.94. The van der Waals surface area contributed by atoms with Crippen molar-refractivity contribution in [2.45, 2.75) is 45.1 Å². The Balaban J connectivity index is 1.45. The van der Waals surface area contributed by atoms with Gasteiger partial charge in [0.1, 0.15) is 0 Å². The predicted molar refractivity (Wildman–Crippen MR) is 96.4 cm³/mol. The van der Waals surface area contributed by atoms with Gasteiger partial charge in [0.15, 0.2) is 0 Å². The summed E-state index contributed by atoms with van der Waals surface area (Å²) in [5.74, 6) is 0.767. The zero-order chi connectivity index (χ0) is 17.6. The fourth-order valence-electron chi connectivity index (χ4n) is 3.69. The first kappa shape index (κ1) is 17.9. The van der Waals surface area contributed by atoms with Crippen LogP contribution in [0.4, 0.5) is 0 Å². The van der Waals surface area contributed by atoms with Gasteiger partial charge in [-0.15, -0.1) is 0 Å². The van der Waals surface area contributed by atoms with Gasteiger partial charge in [-0.25, -0.2) is 0 Å². The highest BCUT2D eigenvalue weighted by Gasteiger charge is 2.21. The maximum Gasteiger partial charge on any atom is 0.251 e. The Morgan fingerprint density at radius 1 is 1.16 bits per heavy atom. The Labute approximate surface area is 149 Å². The molecular weight excluding hydrogens is 316 g/mol. The summed E-state index contributed by atoms with van der Waals surface area (Å²) in [5.41, 5.74) is 1.96. The molecule has 25 heavy (non-hydrogen) atoms. The number of piperidine rings is 1. The standard InChI is InChI=1S/C20H28N2O3/c1-15(23)22-10-8-17(9-11-22)13-16-4-6-18(7-5-16)20(24)21-14-19-3-2-12-25-19/h4-7,17,19H,2-3,8-14H2,1H3,(H,21,24). The van der Waals surface area contributed by atoms with E-state index in [1.54, 1.807) is 6.92 Å². The Hall–Kier alpha value is -1.88. The maximum absolute atomic E-state index is 12.2.